The lowest BCUT2D eigenvalue weighted by atomic mass is 10.1. The molecule has 0 unspecified atom stereocenters. The molecule has 0 bridgehead atoms. The Morgan fingerprint density at radius 3 is 2.18 bits per heavy atom. The van der Waals surface area contributed by atoms with E-state index in [1.165, 1.54) is 12.1 Å². The number of halogens is 1. The second kappa shape index (κ2) is 10.7. The van der Waals surface area contributed by atoms with E-state index in [4.69, 9.17) is 14.2 Å². The highest BCUT2D eigenvalue weighted by molar-refractivity contribution is 5.98. The first-order valence-corrected chi connectivity index (χ1v) is 11.6. The Kier molecular flexibility index (Phi) is 7.44. The highest BCUT2D eigenvalue weighted by Gasteiger charge is 2.26. The van der Waals surface area contributed by atoms with E-state index in [-0.39, 0.29) is 5.82 Å². The molecule has 0 amide bonds. The predicted molar refractivity (Wildman–Crippen MR) is 127 cm³/mol. The molecule has 3 aromatic rings. The van der Waals surface area contributed by atoms with Crippen molar-refractivity contribution in [1.82, 2.24) is 14.9 Å². The molecule has 1 fully saturated rings. The third-order valence-electron chi connectivity index (χ3n) is 5.65. The molecule has 0 aliphatic carbocycles. The summed E-state index contributed by atoms with van der Waals surface area (Å²) in [6, 6.07) is 8.63. The van der Waals surface area contributed by atoms with Gasteiger partial charge in [0.2, 0.25) is 5.75 Å². The van der Waals surface area contributed by atoms with E-state index in [0.717, 1.165) is 55.0 Å². The first kappa shape index (κ1) is 23.0. The van der Waals surface area contributed by atoms with E-state index in [0.29, 0.717) is 37.1 Å². The van der Waals surface area contributed by atoms with Crippen LogP contribution in [0.3, 0.4) is 0 Å². The highest BCUT2D eigenvalue weighted by atomic mass is 19.1. The van der Waals surface area contributed by atoms with Crippen LogP contribution in [0.4, 0.5) is 10.2 Å². The van der Waals surface area contributed by atoms with Crippen LogP contribution >= 0.6 is 0 Å². The first-order chi connectivity index (χ1) is 16.1. The smallest absolute Gasteiger partial charge is 0.204 e. The lowest BCUT2D eigenvalue weighted by molar-refractivity contribution is 0.249. The van der Waals surface area contributed by atoms with Crippen molar-refractivity contribution in [3.8, 4) is 17.2 Å². The van der Waals surface area contributed by atoms with E-state index in [1.807, 2.05) is 39.0 Å². The lowest BCUT2D eigenvalue weighted by Gasteiger charge is -2.36. The topological polar surface area (TPSA) is 60.0 Å². The molecule has 0 radical (unpaired) electrons. The summed E-state index contributed by atoms with van der Waals surface area (Å²) in [5, 5.41) is 0.846. The normalized spacial score (nSPS) is 14.5. The van der Waals surface area contributed by atoms with Crippen LogP contribution in [-0.2, 0) is 6.54 Å². The number of anilines is 1. The minimum atomic E-state index is -0.205. The summed E-state index contributed by atoms with van der Waals surface area (Å²) in [5.41, 5.74) is 1.88. The Balaban J connectivity index is 1.62. The van der Waals surface area contributed by atoms with Crippen LogP contribution in [0.5, 0.6) is 17.2 Å². The lowest BCUT2D eigenvalue weighted by Crippen LogP contribution is -2.46. The summed E-state index contributed by atoms with van der Waals surface area (Å²) >= 11 is 0. The second-order valence-corrected chi connectivity index (χ2v) is 7.81. The number of nitrogens with zero attached hydrogens (tertiary/aromatic N) is 4. The van der Waals surface area contributed by atoms with Gasteiger partial charge in [0.15, 0.2) is 11.5 Å². The average molecular weight is 455 g/mol. The van der Waals surface area contributed by atoms with Crippen molar-refractivity contribution in [2.75, 3.05) is 50.9 Å². The first-order valence-electron chi connectivity index (χ1n) is 11.6. The zero-order valence-corrected chi connectivity index (χ0v) is 19.5. The van der Waals surface area contributed by atoms with Crippen molar-refractivity contribution in [2.45, 2.75) is 27.3 Å². The predicted octanol–water partition coefficient (Wildman–Crippen LogP) is 4.29. The van der Waals surface area contributed by atoms with E-state index in [1.54, 1.807) is 6.33 Å². The fourth-order valence-electron chi connectivity index (χ4n) is 4.16. The number of rotatable bonds is 9. The molecule has 0 N–H and O–H groups in total. The summed E-state index contributed by atoms with van der Waals surface area (Å²) in [6.45, 7) is 11.5. The number of benzene rings is 2. The molecule has 1 aromatic heterocycles. The van der Waals surface area contributed by atoms with Gasteiger partial charge in [-0.2, -0.15) is 0 Å². The summed E-state index contributed by atoms with van der Waals surface area (Å²) in [6.07, 6.45) is 1.59. The molecule has 7 nitrogen and oxygen atoms in total. The maximum Gasteiger partial charge on any atom is 0.204 e. The number of ether oxygens (including phenoxy) is 3. The van der Waals surface area contributed by atoms with Gasteiger partial charge in [-0.3, -0.25) is 4.90 Å². The van der Waals surface area contributed by atoms with Gasteiger partial charge in [0.25, 0.3) is 0 Å². The van der Waals surface area contributed by atoms with Gasteiger partial charge in [0.05, 0.1) is 30.7 Å². The van der Waals surface area contributed by atoms with Gasteiger partial charge in [-0.25, -0.2) is 14.4 Å². The molecule has 8 heteroatoms. The molecule has 1 aliphatic heterocycles. The molecule has 1 aliphatic rings. The molecular weight excluding hydrogens is 423 g/mol. The second-order valence-electron chi connectivity index (χ2n) is 7.81. The van der Waals surface area contributed by atoms with Crippen molar-refractivity contribution >= 4 is 16.7 Å². The number of fused-ring (bicyclic) bond motifs is 1. The molecule has 0 atom stereocenters. The fourth-order valence-corrected chi connectivity index (χ4v) is 4.16. The van der Waals surface area contributed by atoms with Gasteiger partial charge in [-0.15, -0.1) is 0 Å². The number of aromatic nitrogens is 2. The zero-order valence-electron chi connectivity index (χ0n) is 19.5. The van der Waals surface area contributed by atoms with Crippen molar-refractivity contribution < 1.29 is 18.6 Å². The fraction of sp³-hybridized carbons (Fsp3) is 0.440. The van der Waals surface area contributed by atoms with Crippen LogP contribution in [0.15, 0.2) is 36.7 Å². The third kappa shape index (κ3) is 5.11. The van der Waals surface area contributed by atoms with Crippen LogP contribution < -0.4 is 19.1 Å². The van der Waals surface area contributed by atoms with Gasteiger partial charge in [0.1, 0.15) is 18.0 Å². The van der Waals surface area contributed by atoms with Crippen LogP contribution in [0.2, 0.25) is 0 Å². The Labute approximate surface area is 194 Å². The molecule has 0 spiro atoms. The SMILES string of the molecule is CCOc1cc2ncnc(N3CCN(Cc4ccc(F)cc4)CC3)c2c(OCC)c1OCC. The van der Waals surface area contributed by atoms with Gasteiger partial charge < -0.3 is 19.1 Å². The zero-order chi connectivity index (χ0) is 23.2. The van der Waals surface area contributed by atoms with E-state index >= 15 is 0 Å². The maximum absolute atomic E-state index is 13.2. The monoisotopic (exact) mass is 454 g/mol. The molecule has 0 saturated carbocycles. The molecule has 2 aromatic carbocycles. The van der Waals surface area contributed by atoms with E-state index in [2.05, 4.69) is 19.8 Å². The van der Waals surface area contributed by atoms with Crippen molar-refractivity contribution in [3.05, 3.63) is 48.0 Å². The average Bonchev–Trinajstić information content (AvgIpc) is 2.83. The quantitative estimate of drug-likeness (QED) is 0.478. The largest absolute Gasteiger partial charge is 0.490 e. The summed E-state index contributed by atoms with van der Waals surface area (Å²) < 4.78 is 31.1. The highest BCUT2D eigenvalue weighted by Crippen LogP contribution is 2.46. The third-order valence-corrected chi connectivity index (χ3v) is 5.65. The van der Waals surface area contributed by atoms with Crippen molar-refractivity contribution in [2.24, 2.45) is 0 Å². The Bertz CT molecular complexity index is 1070. The maximum atomic E-state index is 13.2. The summed E-state index contributed by atoms with van der Waals surface area (Å²) in [5.74, 6) is 2.49. The Morgan fingerprint density at radius 2 is 1.52 bits per heavy atom. The van der Waals surface area contributed by atoms with Gasteiger partial charge in [-0.1, -0.05) is 12.1 Å². The standard InChI is InChI=1S/C25H31FN4O3/c1-4-31-21-15-20-22(24(33-6-3)23(21)32-5-2)25(28-17-27-20)30-13-11-29(12-14-30)16-18-7-9-19(26)10-8-18/h7-10,15,17H,4-6,11-14,16H2,1-3H3. The van der Waals surface area contributed by atoms with Crippen LogP contribution in [0, 0.1) is 5.82 Å². The molecule has 33 heavy (non-hydrogen) atoms. The number of hydrogen-bond donors (Lipinski definition) is 0. The van der Waals surface area contributed by atoms with Crippen molar-refractivity contribution in [3.63, 3.8) is 0 Å². The summed E-state index contributed by atoms with van der Waals surface area (Å²) in [4.78, 5) is 13.8. The van der Waals surface area contributed by atoms with Gasteiger partial charge in [-0.05, 0) is 38.5 Å². The molecule has 4 rings (SSSR count). The minimum Gasteiger partial charge on any atom is -0.490 e. The summed E-state index contributed by atoms with van der Waals surface area (Å²) in [7, 11) is 0. The van der Waals surface area contributed by atoms with Crippen LogP contribution in [0.1, 0.15) is 26.3 Å². The number of piperazine rings is 1. The Hall–Kier alpha value is -3.13. The van der Waals surface area contributed by atoms with E-state index in [9.17, 15) is 4.39 Å². The molecule has 2 heterocycles. The van der Waals surface area contributed by atoms with Gasteiger partial charge in [0, 0.05) is 38.8 Å². The minimum absolute atomic E-state index is 0.205. The van der Waals surface area contributed by atoms with Crippen LogP contribution in [0.25, 0.3) is 10.9 Å². The van der Waals surface area contributed by atoms with Crippen LogP contribution in [-0.4, -0.2) is 60.9 Å². The Morgan fingerprint density at radius 1 is 0.848 bits per heavy atom. The van der Waals surface area contributed by atoms with Gasteiger partial charge >= 0.3 is 0 Å². The molecule has 1 saturated heterocycles. The van der Waals surface area contributed by atoms with E-state index < -0.39 is 0 Å². The molecule has 176 valence electrons. The molecular formula is C25H31FN4O3. The van der Waals surface area contributed by atoms with Crippen molar-refractivity contribution in [1.29, 1.82) is 0 Å². The number of hydrogen-bond acceptors (Lipinski definition) is 7.